The molecule has 0 aromatic carbocycles. The minimum Gasteiger partial charge on any atom is -0.547 e. The second-order valence-electron chi connectivity index (χ2n) is 1.99. The van der Waals surface area contributed by atoms with Gasteiger partial charge in [-0.25, -0.2) is 0 Å². The van der Waals surface area contributed by atoms with Gasteiger partial charge in [0.05, 0.1) is 24.1 Å². The maximum Gasteiger partial charge on any atom is 2.00 e. The van der Waals surface area contributed by atoms with E-state index in [4.69, 9.17) is 10.2 Å². The molecular weight excluding hydrogens is 233 g/mol. The van der Waals surface area contributed by atoms with Crippen molar-refractivity contribution >= 4 is 11.9 Å². The van der Waals surface area contributed by atoms with Crippen LogP contribution in [0.1, 0.15) is 13.8 Å². The molecule has 0 rings (SSSR count). The Morgan fingerprint density at radius 3 is 1.08 bits per heavy atom. The average molecular weight is 244 g/mol. The molecule has 0 fully saturated rings. The normalized spacial score (nSPS) is 12.6. The van der Waals surface area contributed by atoms with E-state index in [0.29, 0.717) is 0 Å². The van der Waals surface area contributed by atoms with Gasteiger partial charge in [0, 0.05) is 0 Å². The van der Waals surface area contributed by atoms with Crippen molar-refractivity contribution in [3.63, 3.8) is 0 Å². The molecule has 0 saturated carbocycles. The predicted molar refractivity (Wildman–Crippen MR) is 33.4 cm³/mol. The standard InChI is InChI=1S/2C3H6O3.Zn/c2*1-2(4)3(5)6;/h2*2,4H,1H3,(H,5,6);/q;;+2/p-2/t2-;;/m0../s1. The number of carbonyl (C=O) groups is 2. The van der Waals surface area contributed by atoms with Crippen molar-refractivity contribution in [2.75, 3.05) is 0 Å². The van der Waals surface area contributed by atoms with Crippen molar-refractivity contribution in [1.29, 1.82) is 0 Å². The molecule has 2 atom stereocenters. The molecule has 0 spiro atoms. The van der Waals surface area contributed by atoms with E-state index < -0.39 is 24.1 Å². The van der Waals surface area contributed by atoms with Gasteiger partial charge in [0.1, 0.15) is 0 Å². The number of carbonyl (C=O) groups excluding carboxylic acids is 2. The van der Waals surface area contributed by atoms with E-state index in [9.17, 15) is 19.8 Å². The van der Waals surface area contributed by atoms with Crippen LogP contribution < -0.4 is 10.2 Å². The third-order valence-electron chi connectivity index (χ3n) is 0.682. The van der Waals surface area contributed by atoms with Gasteiger partial charge in [-0.05, 0) is 13.8 Å². The molecule has 0 heterocycles. The largest absolute Gasteiger partial charge is 2.00 e. The van der Waals surface area contributed by atoms with Crippen LogP contribution in [0.3, 0.4) is 0 Å². The van der Waals surface area contributed by atoms with Crippen molar-refractivity contribution in [3.05, 3.63) is 0 Å². The van der Waals surface area contributed by atoms with Gasteiger partial charge in [0.25, 0.3) is 0 Å². The zero-order valence-electron chi connectivity index (χ0n) is 7.39. The first-order chi connectivity index (χ1) is 5.29. The summed E-state index contributed by atoms with van der Waals surface area (Å²) in [4.78, 5) is 18.7. The summed E-state index contributed by atoms with van der Waals surface area (Å²) in [6.07, 6.45) is -2.69. The number of aliphatic hydroxyl groups is 2. The number of hydrogen-bond donors (Lipinski definition) is 2. The van der Waals surface area contributed by atoms with Gasteiger partial charge in [-0.2, -0.15) is 0 Å². The maximum absolute atomic E-state index is 9.34. The van der Waals surface area contributed by atoms with E-state index in [1.807, 2.05) is 0 Å². The van der Waals surface area contributed by atoms with E-state index >= 15 is 0 Å². The zero-order valence-corrected chi connectivity index (χ0v) is 10.4. The molecule has 1 unspecified atom stereocenters. The van der Waals surface area contributed by atoms with Gasteiger partial charge in [-0.15, -0.1) is 0 Å². The molecule has 0 bridgehead atoms. The van der Waals surface area contributed by atoms with Gasteiger partial charge in [0.15, 0.2) is 0 Å². The molecule has 2 N–H and O–H groups in total. The quantitative estimate of drug-likeness (QED) is 0.480. The molecule has 0 radical (unpaired) electrons. The number of hydrogen-bond acceptors (Lipinski definition) is 6. The molecule has 0 aromatic rings. The Morgan fingerprint density at radius 1 is 1.00 bits per heavy atom. The number of rotatable bonds is 2. The summed E-state index contributed by atoms with van der Waals surface area (Å²) >= 11 is 0. The van der Waals surface area contributed by atoms with Gasteiger partial charge in [-0.1, -0.05) is 0 Å². The van der Waals surface area contributed by atoms with Crippen LogP contribution >= 0.6 is 0 Å². The van der Waals surface area contributed by atoms with Gasteiger partial charge in [-0.3, -0.25) is 0 Å². The first-order valence-electron chi connectivity index (χ1n) is 3.06. The molecule has 6 nitrogen and oxygen atoms in total. The summed E-state index contributed by atoms with van der Waals surface area (Å²) in [5, 5.41) is 34.6. The Kier molecular flexibility index (Phi) is 13.5. The molecule has 0 saturated heterocycles. The second kappa shape index (κ2) is 9.57. The second-order valence-corrected chi connectivity index (χ2v) is 1.99. The van der Waals surface area contributed by atoms with Gasteiger partial charge < -0.3 is 30.0 Å². The molecule has 0 amide bonds. The number of carboxylic acid groups (broad SMARTS) is 2. The molecule has 0 aromatic heterocycles. The molecular formula is C6H10O6Zn. The van der Waals surface area contributed by atoms with Crippen molar-refractivity contribution in [1.82, 2.24) is 0 Å². The topological polar surface area (TPSA) is 121 Å². The Morgan fingerprint density at radius 2 is 1.08 bits per heavy atom. The third kappa shape index (κ3) is 18.4. The summed E-state index contributed by atoms with van der Waals surface area (Å²) in [6, 6.07) is 0. The first-order valence-corrected chi connectivity index (χ1v) is 3.06. The van der Waals surface area contributed by atoms with E-state index in [-0.39, 0.29) is 19.5 Å². The van der Waals surface area contributed by atoms with Crippen molar-refractivity contribution < 1.29 is 49.5 Å². The number of aliphatic hydroxyl groups excluding tert-OH is 2. The molecule has 7 heteroatoms. The minimum absolute atomic E-state index is 0. The van der Waals surface area contributed by atoms with Crippen LogP contribution in [0.4, 0.5) is 0 Å². The van der Waals surface area contributed by atoms with Crippen LogP contribution in [0.5, 0.6) is 0 Å². The third-order valence-corrected chi connectivity index (χ3v) is 0.682. The monoisotopic (exact) mass is 242 g/mol. The molecule has 13 heavy (non-hydrogen) atoms. The fraction of sp³-hybridized carbons (Fsp3) is 0.667. The summed E-state index contributed by atoms with van der Waals surface area (Å²) in [5.41, 5.74) is 0. The summed E-state index contributed by atoms with van der Waals surface area (Å²) in [5.74, 6) is -2.87. The first kappa shape index (κ1) is 18.3. The van der Waals surface area contributed by atoms with Crippen LogP contribution in [-0.4, -0.2) is 34.4 Å². The Hall–Kier alpha value is -0.517. The smallest absolute Gasteiger partial charge is 0.547 e. The van der Waals surface area contributed by atoms with Gasteiger partial charge in [0.2, 0.25) is 0 Å². The van der Waals surface area contributed by atoms with Crippen LogP contribution in [0.15, 0.2) is 0 Å². The summed E-state index contributed by atoms with van der Waals surface area (Å²) in [6.45, 7) is 2.27. The zero-order chi connectivity index (χ0) is 10.3. The van der Waals surface area contributed by atoms with E-state index in [0.717, 1.165) is 13.8 Å². The fourth-order valence-corrected chi connectivity index (χ4v) is 0. The fourth-order valence-electron chi connectivity index (χ4n) is 0. The molecule has 0 aliphatic carbocycles. The Balaban J connectivity index is -0.000000143. The average Bonchev–Trinajstić information content (AvgIpc) is 1.88. The minimum atomic E-state index is -1.44. The van der Waals surface area contributed by atoms with Crippen molar-refractivity contribution in [3.8, 4) is 0 Å². The van der Waals surface area contributed by atoms with E-state index in [1.165, 1.54) is 0 Å². The molecule has 72 valence electrons. The maximum atomic E-state index is 9.34. The summed E-state index contributed by atoms with van der Waals surface area (Å²) in [7, 11) is 0. The summed E-state index contributed by atoms with van der Waals surface area (Å²) < 4.78 is 0. The SMILES string of the molecule is CC(O)C(=O)[O-].C[C@H](O)C(=O)[O-].[Zn+2]. The Bertz CT molecular complexity index is 137. The van der Waals surface area contributed by atoms with Gasteiger partial charge >= 0.3 is 19.5 Å². The molecule has 0 aliphatic rings. The molecule has 0 aliphatic heterocycles. The van der Waals surface area contributed by atoms with E-state index in [2.05, 4.69) is 0 Å². The van der Waals surface area contributed by atoms with E-state index in [1.54, 1.807) is 0 Å². The van der Waals surface area contributed by atoms with Crippen LogP contribution in [0.2, 0.25) is 0 Å². The number of aliphatic carboxylic acids is 2. The van der Waals surface area contributed by atoms with Crippen molar-refractivity contribution in [2.24, 2.45) is 0 Å². The van der Waals surface area contributed by atoms with Crippen molar-refractivity contribution in [2.45, 2.75) is 26.1 Å². The van der Waals surface area contributed by atoms with Crippen LogP contribution in [0.25, 0.3) is 0 Å². The number of carboxylic acids is 2. The Labute approximate surface area is 88.0 Å². The predicted octanol–water partition coefficient (Wildman–Crippen LogP) is -3.77. The van der Waals surface area contributed by atoms with Crippen LogP contribution in [0, 0.1) is 0 Å². The van der Waals surface area contributed by atoms with Crippen LogP contribution in [-0.2, 0) is 29.1 Å².